The Kier molecular flexibility index (Phi) is 8.26. The number of carbonyl (C=O) groups excluding carboxylic acids is 1. The van der Waals surface area contributed by atoms with Crippen molar-refractivity contribution in [3.8, 4) is 0 Å². The molecule has 9 atom stereocenters. The average Bonchev–Trinajstić information content (AvgIpc) is 3.14. The number of amides is 1. The lowest BCUT2D eigenvalue weighted by Gasteiger charge is -2.61. The molecule has 0 spiro atoms. The molecule has 0 radical (unpaired) electrons. The van der Waals surface area contributed by atoms with Crippen LogP contribution in [0.3, 0.4) is 0 Å². The molecule has 7 heteroatoms. The Balaban J connectivity index is 1.38. The van der Waals surface area contributed by atoms with Crippen molar-refractivity contribution in [2.45, 2.75) is 117 Å². The summed E-state index contributed by atoms with van der Waals surface area (Å²) < 4.78 is 33.3. The van der Waals surface area contributed by atoms with E-state index in [-0.39, 0.29) is 24.6 Å². The Labute approximate surface area is 219 Å². The van der Waals surface area contributed by atoms with Crippen molar-refractivity contribution in [2.24, 2.45) is 46.3 Å². The molecule has 4 saturated carbocycles. The fourth-order valence-corrected chi connectivity index (χ4v) is 10.2. The summed E-state index contributed by atoms with van der Waals surface area (Å²) in [6.45, 7) is 11.1. The quantitative estimate of drug-likeness (QED) is 0.440. The van der Waals surface area contributed by atoms with Crippen LogP contribution in [0.1, 0.15) is 105 Å². The predicted molar refractivity (Wildman–Crippen MR) is 141 cm³/mol. The zero-order valence-corrected chi connectivity index (χ0v) is 24.1. The molecule has 0 aromatic heterocycles. The summed E-state index contributed by atoms with van der Waals surface area (Å²) in [6.07, 6.45) is 12.1. The van der Waals surface area contributed by atoms with Gasteiger partial charge in [0.25, 0.3) is 0 Å². The van der Waals surface area contributed by atoms with Crippen molar-refractivity contribution in [3.63, 3.8) is 0 Å². The highest BCUT2D eigenvalue weighted by molar-refractivity contribution is 7.85. The fourth-order valence-electron chi connectivity index (χ4n) is 9.79. The van der Waals surface area contributed by atoms with Crippen LogP contribution < -0.4 is 0 Å². The molecule has 0 aliphatic heterocycles. The second kappa shape index (κ2) is 10.5. The van der Waals surface area contributed by atoms with Gasteiger partial charge in [0.1, 0.15) is 0 Å². The maximum absolute atomic E-state index is 13.0. The third-order valence-electron chi connectivity index (χ3n) is 11.7. The van der Waals surface area contributed by atoms with Crippen LogP contribution in [0, 0.1) is 46.3 Å². The van der Waals surface area contributed by atoms with E-state index in [2.05, 4.69) is 20.8 Å². The number of nitrogens with zero attached hydrogens (tertiary/aromatic N) is 1. The summed E-state index contributed by atoms with van der Waals surface area (Å²) in [7, 11) is -4.33. The number of hydrogen-bond acceptors (Lipinski definition) is 5. The van der Waals surface area contributed by atoms with E-state index in [0.717, 1.165) is 37.0 Å². The second-order valence-electron chi connectivity index (χ2n) is 13.8. The number of fused-ring (bicyclic) bond motifs is 5. The van der Waals surface area contributed by atoms with Crippen LogP contribution in [0.2, 0.25) is 0 Å². The van der Waals surface area contributed by atoms with Gasteiger partial charge >= 0.3 is 0 Å². The third-order valence-corrected chi connectivity index (χ3v) is 12.4. The smallest absolute Gasteiger partial charge is 0.222 e. The van der Waals surface area contributed by atoms with Gasteiger partial charge in [-0.25, -0.2) is 8.42 Å². The normalized spacial score (nSPS) is 41.3. The Morgan fingerprint density at radius 1 is 1.00 bits per heavy atom. The molecular weight excluding hydrogens is 474 g/mol. The van der Waals surface area contributed by atoms with Crippen LogP contribution in [0.25, 0.3) is 0 Å². The van der Waals surface area contributed by atoms with Gasteiger partial charge in [-0.15, -0.1) is 0 Å². The Hall–Kier alpha value is -0.660. The largest absolute Gasteiger partial charge is 0.748 e. The number of aliphatic hydroxyl groups is 1. The van der Waals surface area contributed by atoms with E-state index in [4.69, 9.17) is 0 Å². The van der Waals surface area contributed by atoms with E-state index in [1.165, 1.54) is 44.9 Å². The third kappa shape index (κ3) is 5.40. The highest BCUT2D eigenvalue weighted by atomic mass is 32.2. The van der Waals surface area contributed by atoms with Gasteiger partial charge < -0.3 is 14.6 Å². The van der Waals surface area contributed by atoms with Crippen molar-refractivity contribution in [1.29, 1.82) is 0 Å². The van der Waals surface area contributed by atoms with Crippen molar-refractivity contribution >= 4 is 16.0 Å². The zero-order valence-electron chi connectivity index (χ0n) is 23.2. The molecule has 1 N–H and O–H groups in total. The first-order valence-electron chi connectivity index (χ1n) is 14.7. The lowest BCUT2D eigenvalue weighted by Crippen LogP contribution is -2.54. The van der Waals surface area contributed by atoms with E-state index in [1.807, 2.05) is 13.8 Å². The molecule has 4 aliphatic carbocycles. The van der Waals surface area contributed by atoms with Crippen molar-refractivity contribution in [1.82, 2.24) is 4.90 Å². The molecule has 0 bridgehead atoms. The molecule has 4 fully saturated rings. The van der Waals surface area contributed by atoms with E-state index < -0.39 is 15.9 Å². The maximum Gasteiger partial charge on any atom is 0.222 e. The van der Waals surface area contributed by atoms with Gasteiger partial charge in [-0.05, 0) is 124 Å². The van der Waals surface area contributed by atoms with Gasteiger partial charge in [-0.1, -0.05) is 20.8 Å². The molecule has 1 amide bonds. The van der Waals surface area contributed by atoms with Gasteiger partial charge in [0.2, 0.25) is 5.91 Å². The molecule has 0 heterocycles. The lowest BCUT2D eigenvalue weighted by molar-refractivity contribution is -0.134. The molecule has 0 saturated heterocycles. The van der Waals surface area contributed by atoms with Gasteiger partial charge in [0.05, 0.1) is 22.0 Å². The molecular formula is C29H50NO5S-. The van der Waals surface area contributed by atoms with Gasteiger partial charge in [-0.3, -0.25) is 4.79 Å². The standard InChI is InChI=1S/C29H51NO5S/c1-19(2)30(16-17-36(33,34)35)27(32)11-6-20(3)24-9-10-25-23-8-7-21-18-22(31)12-14-28(21,4)26(23)13-15-29(24,25)5/h19-26,31H,6-18H2,1-5H3,(H,33,34,35)/p-1/t20-,21-,22-,23+,24-,25+,26+,28+,29-/m1/s1. The highest BCUT2D eigenvalue weighted by Crippen LogP contribution is 2.68. The van der Waals surface area contributed by atoms with Crippen LogP contribution in [0.5, 0.6) is 0 Å². The minimum atomic E-state index is -4.33. The molecule has 6 nitrogen and oxygen atoms in total. The van der Waals surface area contributed by atoms with Crippen LogP contribution in [0.4, 0.5) is 0 Å². The SMILES string of the molecule is CC(C)N(CCS(=O)(=O)[O-])C(=O)CC[C@@H](C)[C@H]1CC[C@H]2[C@@H]3CC[C@@H]4C[C@H](O)CC[C@]4(C)[C@H]3CC[C@]12C. The number of aliphatic hydroxyl groups excluding tert-OH is 1. The predicted octanol–water partition coefficient (Wildman–Crippen LogP) is 5.20. The van der Waals surface area contributed by atoms with Gasteiger partial charge in [-0.2, -0.15) is 0 Å². The van der Waals surface area contributed by atoms with Crippen molar-refractivity contribution < 1.29 is 22.9 Å². The highest BCUT2D eigenvalue weighted by Gasteiger charge is 2.60. The van der Waals surface area contributed by atoms with Crippen LogP contribution in [-0.4, -0.2) is 53.3 Å². The summed E-state index contributed by atoms with van der Waals surface area (Å²) in [5, 5.41) is 10.3. The van der Waals surface area contributed by atoms with Crippen molar-refractivity contribution in [3.05, 3.63) is 0 Å². The van der Waals surface area contributed by atoms with Crippen LogP contribution in [-0.2, 0) is 14.9 Å². The molecule has 4 rings (SSSR count). The summed E-state index contributed by atoms with van der Waals surface area (Å²) in [6, 6.07) is -0.115. The number of rotatable bonds is 8. The average molecular weight is 525 g/mol. The molecule has 0 unspecified atom stereocenters. The zero-order chi connectivity index (χ0) is 26.5. The molecule has 0 aromatic carbocycles. The summed E-state index contributed by atoms with van der Waals surface area (Å²) >= 11 is 0. The first kappa shape index (κ1) is 28.4. The molecule has 0 aromatic rings. The lowest BCUT2D eigenvalue weighted by atomic mass is 9.44. The fraction of sp³-hybridized carbons (Fsp3) is 0.966. The van der Waals surface area contributed by atoms with Crippen LogP contribution >= 0.6 is 0 Å². The minimum Gasteiger partial charge on any atom is -0.748 e. The Morgan fingerprint density at radius 3 is 2.33 bits per heavy atom. The molecule has 208 valence electrons. The maximum atomic E-state index is 13.0. The van der Waals surface area contributed by atoms with E-state index in [9.17, 15) is 22.9 Å². The first-order valence-corrected chi connectivity index (χ1v) is 16.2. The summed E-state index contributed by atoms with van der Waals surface area (Å²) in [4.78, 5) is 14.5. The minimum absolute atomic E-state index is 0.0141. The van der Waals surface area contributed by atoms with Gasteiger partial charge in [0.15, 0.2) is 0 Å². The second-order valence-corrected chi connectivity index (χ2v) is 15.3. The Morgan fingerprint density at radius 2 is 1.67 bits per heavy atom. The first-order chi connectivity index (χ1) is 16.8. The van der Waals surface area contributed by atoms with Gasteiger partial charge in [0, 0.05) is 19.0 Å². The number of hydrogen-bond donors (Lipinski definition) is 1. The van der Waals surface area contributed by atoms with E-state index in [0.29, 0.717) is 35.0 Å². The van der Waals surface area contributed by atoms with Crippen molar-refractivity contribution in [2.75, 3.05) is 12.3 Å². The van der Waals surface area contributed by atoms with E-state index in [1.54, 1.807) is 4.90 Å². The number of carbonyl (C=O) groups is 1. The summed E-state index contributed by atoms with van der Waals surface area (Å²) in [5.41, 5.74) is 0.743. The molecule has 36 heavy (non-hydrogen) atoms. The monoisotopic (exact) mass is 524 g/mol. The molecule has 4 aliphatic rings. The topological polar surface area (TPSA) is 97.7 Å². The summed E-state index contributed by atoms with van der Waals surface area (Å²) in [5.74, 6) is 3.61. The Bertz CT molecular complexity index is 905. The van der Waals surface area contributed by atoms with Crippen LogP contribution in [0.15, 0.2) is 0 Å². The van der Waals surface area contributed by atoms with E-state index >= 15 is 0 Å².